The van der Waals surface area contributed by atoms with Gasteiger partial charge in [0.25, 0.3) is 11.1 Å². The average Bonchev–Trinajstić information content (AvgIpc) is 3.02. The molecule has 4 unspecified atom stereocenters. The Labute approximate surface area is 267 Å². The average molecular weight is 631 g/mol. The minimum atomic E-state index is -0.820. The molecule has 0 N–H and O–H groups in total. The van der Waals surface area contributed by atoms with Crippen molar-refractivity contribution in [2.45, 2.75) is 70.0 Å². The SMILES string of the molecule is COc1ccc2c3c(c(=O)n(C)c2c1OC)C1CC(C)(CC2(C)c4c(c5ccc(OC)c(OC)c5n(C)c4=O)OC(C)(C)C12C)O3. The van der Waals surface area contributed by atoms with Crippen molar-refractivity contribution in [1.82, 2.24) is 9.13 Å². The first-order valence-electron chi connectivity index (χ1n) is 15.6. The van der Waals surface area contributed by atoms with Gasteiger partial charge in [-0.2, -0.15) is 0 Å². The predicted octanol–water partition coefficient (Wildman–Crippen LogP) is 5.59. The van der Waals surface area contributed by atoms with E-state index in [1.54, 1.807) is 51.7 Å². The summed E-state index contributed by atoms with van der Waals surface area (Å²) in [4.78, 5) is 29.2. The first kappa shape index (κ1) is 30.3. The van der Waals surface area contributed by atoms with Crippen LogP contribution in [-0.2, 0) is 19.5 Å². The van der Waals surface area contributed by atoms with E-state index >= 15 is 0 Å². The fraction of sp³-hybridized carbons (Fsp3) is 0.500. The van der Waals surface area contributed by atoms with Crippen LogP contribution in [0.1, 0.15) is 64.5 Å². The third-order valence-corrected chi connectivity index (χ3v) is 11.8. The normalized spacial score (nSPS) is 27.2. The molecule has 4 heterocycles. The molecular weight excluding hydrogens is 588 g/mol. The van der Waals surface area contributed by atoms with E-state index in [1.807, 2.05) is 24.3 Å². The summed E-state index contributed by atoms with van der Waals surface area (Å²) in [6.07, 6.45) is 1.13. The van der Waals surface area contributed by atoms with Gasteiger partial charge in [0, 0.05) is 41.6 Å². The van der Waals surface area contributed by atoms with Crippen LogP contribution in [0.15, 0.2) is 33.9 Å². The lowest BCUT2D eigenvalue weighted by Crippen LogP contribution is -2.71. The third-order valence-electron chi connectivity index (χ3n) is 11.8. The van der Waals surface area contributed by atoms with E-state index in [-0.39, 0.29) is 17.0 Å². The molecule has 2 aromatic carbocycles. The largest absolute Gasteiger partial charge is 0.493 e. The molecule has 0 saturated heterocycles. The molecule has 1 fully saturated rings. The number of hydrogen-bond donors (Lipinski definition) is 0. The van der Waals surface area contributed by atoms with Crippen molar-refractivity contribution < 1.29 is 28.4 Å². The summed E-state index contributed by atoms with van der Waals surface area (Å²) >= 11 is 0. The van der Waals surface area contributed by atoms with Gasteiger partial charge in [0.15, 0.2) is 23.0 Å². The summed E-state index contributed by atoms with van der Waals surface area (Å²) in [5.41, 5.74) is -0.939. The van der Waals surface area contributed by atoms with Gasteiger partial charge in [0.2, 0.25) is 0 Å². The highest BCUT2D eigenvalue weighted by Crippen LogP contribution is 2.71. The molecule has 2 aromatic heterocycles. The summed E-state index contributed by atoms with van der Waals surface area (Å²) < 4.78 is 40.0. The van der Waals surface area contributed by atoms with Crippen molar-refractivity contribution in [3.8, 4) is 34.5 Å². The molecule has 0 spiro atoms. The number of ether oxygens (including phenoxy) is 6. The van der Waals surface area contributed by atoms with Gasteiger partial charge in [-0.3, -0.25) is 9.59 Å². The molecule has 10 heteroatoms. The van der Waals surface area contributed by atoms with Crippen LogP contribution in [0.4, 0.5) is 0 Å². The van der Waals surface area contributed by atoms with E-state index in [1.165, 1.54) is 0 Å². The molecule has 0 amide bonds. The van der Waals surface area contributed by atoms with Gasteiger partial charge in [-0.15, -0.1) is 0 Å². The van der Waals surface area contributed by atoms with Crippen LogP contribution < -0.4 is 39.5 Å². The zero-order chi connectivity index (χ0) is 33.3. The molecule has 1 aliphatic carbocycles. The summed E-state index contributed by atoms with van der Waals surface area (Å²) in [5.74, 6) is 2.79. The molecule has 7 rings (SSSR count). The smallest absolute Gasteiger partial charge is 0.258 e. The van der Waals surface area contributed by atoms with Crippen molar-refractivity contribution in [2.75, 3.05) is 28.4 Å². The Hall–Kier alpha value is -4.34. The third kappa shape index (κ3) is 3.37. The summed E-state index contributed by atoms with van der Waals surface area (Å²) in [6, 6.07) is 7.54. The number of hydrogen-bond acceptors (Lipinski definition) is 8. The second-order valence-corrected chi connectivity index (χ2v) is 14.2. The van der Waals surface area contributed by atoms with Crippen LogP contribution in [0.25, 0.3) is 21.8 Å². The maximum absolute atomic E-state index is 14.7. The van der Waals surface area contributed by atoms with E-state index in [4.69, 9.17) is 28.4 Å². The van der Waals surface area contributed by atoms with Crippen LogP contribution >= 0.6 is 0 Å². The van der Waals surface area contributed by atoms with E-state index < -0.39 is 22.0 Å². The number of rotatable bonds is 4. The maximum Gasteiger partial charge on any atom is 0.258 e. The fourth-order valence-corrected chi connectivity index (χ4v) is 9.42. The van der Waals surface area contributed by atoms with Gasteiger partial charge in [-0.1, -0.05) is 13.8 Å². The highest BCUT2D eigenvalue weighted by atomic mass is 16.5. The summed E-state index contributed by atoms with van der Waals surface area (Å²) in [6.45, 7) is 10.6. The number of pyridine rings is 2. The van der Waals surface area contributed by atoms with E-state index in [0.29, 0.717) is 69.5 Å². The maximum atomic E-state index is 14.7. The first-order valence-corrected chi connectivity index (χ1v) is 15.6. The minimum absolute atomic E-state index is 0.170. The van der Waals surface area contributed by atoms with Crippen LogP contribution in [0, 0.1) is 5.41 Å². The second kappa shape index (κ2) is 9.36. The lowest BCUT2D eigenvalue weighted by atomic mass is 9.41. The van der Waals surface area contributed by atoms with Gasteiger partial charge >= 0.3 is 0 Å². The highest BCUT2D eigenvalue weighted by molar-refractivity contribution is 5.95. The molecule has 1 saturated carbocycles. The zero-order valence-electron chi connectivity index (χ0n) is 28.5. The lowest BCUT2D eigenvalue weighted by Gasteiger charge is -2.67. The molecule has 2 aliphatic heterocycles. The van der Waals surface area contributed by atoms with Crippen molar-refractivity contribution in [2.24, 2.45) is 19.5 Å². The summed E-state index contributed by atoms with van der Waals surface area (Å²) in [7, 11) is 9.80. The lowest BCUT2D eigenvalue weighted by molar-refractivity contribution is -0.171. The molecule has 244 valence electrons. The number of nitrogens with zero attached hydrogens (tertiary/aromatic N) is 2. The van der Waals surface area contributed by atoms with Gasteiger partial charge in [0.05, 0.1) is 39.6 Å². The molecule has 3 aliphatic rings. The van der Waals surface area contributed by atoms with Crippen LogP contribution in [0.2, 0.25) is 0 Å². The Morgan fingerprint density at radius 2 is 1.24 bits per heavy atom. The van der Waals surface area contributed by atoms with E-state index in [0.717, 1.165) is 10.8 Å². The van der Waals surface area contributed by atoms with Gasteiger partial charge in [-0.05, 0) is 57.9 Å². The molecule has 4 atom stereocenters. The Kier molecular flexibility index (Phi) is 6.17. The number of aromatic nitrogens is 2. The molecule has 46 heavy (non-hydrogen) atoms. The van der Waals surface area contributed by atoms with Gasteiger partial charge < -0.3 is 37.6 Å². The second-order valence-electron chi connectivity index (χ2n) is 14.2. The predicted molar refractivity (Wildman–Crippen MR) is 176 cm³/mol. The fourth-order valence-electron chi connectivity index (χ4n) is 9.42. The molecular formula is C36H42N2O8. The van der Waals surface area contributed by atoms with Crippen molar-refractivity contribution >= 4 is 21.8 Å². The van der Waals surface area contributed by atoms with Gasteiger partial charge in [-0.25, -0.2) is 0 Å². The van der Waals surface area contributed by atoms with Crippen molar-refractivity contribution in [3.05, 3.63) is 56.1 Å². The van der Waals surface area contributed by atoms with E-state index in [9.17, 15) is 9.59 Å². The Balaban J connectivity index is 1.58. The number of aryl methyl sites for hydroxylation is 2. The Morgan fingerprint density at radius 3 is 1.76 bits per heavy atom. The standard InChI is InChI=1S/C36H42N2O8/c1-33(2)36(5)20-16-34(3,46-27-18-12-14-21(41-8)29(43-10)25(18)37(6)31(39)23(20)27)17-35(36,4)24-28(45-33)19-13-15-22(42-9)30(44-11)26(19)38(7)32(24)40/h12-15,20H,16-17H2,1-11H3. The highest BCUT2D eigenvalue weighted by Gasteiger charge is 2.71. The minimum Gasteiger partial charge on any atom is -0.493 e. The molecule has 4 aromatic rings. The topological polar surface area (TPSA) is 99.4 Å². The number of benzene rings is 2. The Bertz CT molecular complexity index is 2110. The first-order chi connectivity index (χ1) is 21.6. The van der Waals surface area contributed by atoms with Crippen molar-refractivity contribution in [1.29, 1.82) is 0 Å². The molecule has 10 nitrogen and oxygen atoms in total. The number of fused-ring (bicyclic) bond motifs is 12. The number of methoxy groups -OCH3 is 4. The molecule has 2 bridgehead atoms. The van der Waals surface area contributed by atoms with Crippen molar-refractivity contribution in [3.63, 3.8) is 0 Å². The quantitative estimate of drug-likeness (QED) is 0.288. The summed E-state index contributed by atoms with van der Waals surface area (Å²) in [5, 5.41) is 1.53. The zero-order valence-corrected chi connectivity index (χ0v) is 28.5. The Morgan fingerprint density at radius 1 is 0.717 bits per heavy atom. The van der Waals surface area contributed by atoms with Crippen LogP contribution in [0.3, 0.4) is 0 Å². The molecule has 0 radical (unpaired) electrons. The van der Waals surface area contributed by atoms with Crippen LogP contribution in [0.5, 0.6) is 34.5 Å². The van der Waals surface area contributed by atoms with E-state index in [2.05, 4.69) is 34.6 Å². The monoisotopic (exact) mass is 630 g/mol. The van der Waals surface area contributed by atoms with Gasteiger partial charge in [0.1, 0.15) is 33.7 Å². The van der Waals surface area contributed by atoms with Crippen LogP contribution in [-0.4, -0.2) is 48.8 Å².